The van der Waals surface area contributed by atoms with E-state index in [0.29, 0.717) is 11.7 Å². The van der Waals surface area contributed by atoms with E-state index in [1.54, 1.807) is 0 Å². The quantitative estimate of drug-likeness (QED) is 0.516. The van der Waals surface area contributed by atoms with Gasteiger partial charge in [-0.2, -0.15) is 0 Å². The fraction of sp³-hybridized carbons (Fsp3) is 0.455. The molecule has 2 aromatic carbocycles. The summed E-state index contributed by atoms with van der Waals surface area (Å²) in [6, 6.07) is 9.96. The lowest BCUT2D eigenvalue weighted by molar-refractivity contribution is 0.294. The molecule has 140 valence electrons. The third-order valence-electron chi connectivity index (χ3n) is 5.40. The van der Waals surface area contributed by atoms with Gasteiger partial charge in [-0.15, -0.1) is 0 Å². The van der Waals surface area contributed by atoms with Crippen molar-refractivity contribution in [1.29, 1.82) is 0 Å². The third-order valence-corrected chi connectivity index (χ3v) is 5.40. The van der Waals surface area contributed by atoms with Crippen molar-refractivity contribution in [1.82, 2.24) is 0 Å². The van der Waals surface area contributed by atoms with E-state index in [-0.39, 0.29) is 12.2 Å². The van der Waals surface area contributed by atoms with Crippen LogP contribution in [-0.2, 0) is 6.61 Å². The van der Waals surface area contributed by atoms with E-state index in [4.69, 9.17) is 4.74 Å². The van der Waals surface area contributed by atoms with Crippen LogP contribution in [0.3, 0.4) is 0 Å². The molecule has 0 unspecified atom stereocenters. The average molecular weight is 362 g/mol. The lowest BCUT2D eigenvalue weighted by Gasteiger charge is -2.28. The highest BCUT2D eigenvalue weighted by Gasteiger charge is 2.21. The lowest BCUT2D eigenvalue weighted by atomic mass is 9.77. The second kappa shape index (κ2) is 8.61. The number of benzene rings is 2. The Bertz CT molecular complexity index is 719. The van der Waals surface area contributed by atoms with Gasteiger partial charge in [0.2, 0.25) is 0 Å². The van der Waals surface area contributed by atoms with Crippen LogP contribution in [0, 0.1) is 23.4 Å². The van der Waals surface area contributed by atoms with Gasteiger partial charge in [0.05, 0.1) is 0 Å². The van der Waals surface area contributed by atoms with Gasteiger partial charge >= 0.3 is 0 Å². The summed E-state index contributed by atoms with van der Waals surface area (Å²) in [6.07, 6.45) is 7.65. The monoisotopic (exact) mass is 362 g/mol. The summed E-state index contributed by atoms with van der Waals surface area (Å²) in [6.45, 7) is 2.11. The van der Waals surface area contributed by atoms with E-state index in [9.17, 15) is 13.2 Å². The van der Waals surface area contributed by atoms with Crippen molar-refractivity contribution < 1.29 is 17.9 Å². The maximum absolute atomic E-state index is 13.7. The number of ether oxygens (including phenoxy) is 1. The molecule has 0 heterocycles. The van der Waals surface area contributed by atoms with E-state index < -0.39 is 17.5 Å². The van der Waals surface area contributed by atoms with Crippen LogP contribution in [0.15, 0.2) is 36.4 Å². The Morgan fingerprint density at radius 3 is 2.23 bits per heavy atom. The summed E-state index contributed by atoms with van der Waals surface area (Å²) in [5.41, 5.74) is 1.31. The Balaban J connectivity index is 1.56. The van der Waals surface area contributed by atoms with Crippen LogP contribution < -0.4 is 4.74 Å². The molecule has 1 saturated carbocycles. The molecule has 1 nitrogen and oxygen atoms in total. The van der Waals surface area contributed by atoms with Crippen LogP contribution >= 0.6 is 0 Å². The summed E-state index contributed by atoms with van der Waals surface area (Å²) in [5, 5.41) is 0. The molecular weight excluding hydrogens is 337 g/mol. The Hall–Kier alpha value is -1.97. The van der Waals surface area contributed by atoms with Gasteiger partial charge in [0, 0.05) is 5.56 Å². The second-order valence-corrected chi connectivity index (χ2v) is 7.20. The minimum absolute atomic E-state index is 0.00206. The molecule has 1 aliphatic rings. The zero-order valence-corrected chi connectivity index (χ0v) is 15.1. The zero-order chi connectivity index (χ0) is 18.5. The molecule has 0 radical (unpaired) electrons. The molecule has 0 aliphatic heterocycles. The highest BCUT2D eigenvalue weighted by atomic mass is 19.2. The van der Waals surface area contributed by atoms with Crippen LogP contribution in [0.25, 0.3) is 0 Å². The van der Waals surface area contributed by atoms with Crippen LogP contribution in [0.5, 0.6) is 5.75 Å². The molecule has 0 amide bonds. The summed E-state index contributed by atoms with van der Waals surface area (Å²) < 4.78 is 45.4. The van der Waals surface area contributed by atoms with E-state index in [2.05, 4.69) is 19.1 Å². The molecule has 2 aromatic rings. The second-order valence-electron chi connectivity index (χ2n) is 7.20. The molecule has 0 atom stereocenters. The SMILES string of the molecule is CCC[C@H]1CC[C@H](c2ccc(OCc3ccc(F)c(F)c3F)cc2)CC1. The Kier molecular flexibility index (Phi) is 6.23. The van der Waals surface area contributed by atoms with E-state index >= 15 is 0 Å². The van der Waals surface area contributed by atoms with Crippen molar-refractivity contribution in [3.63, 3.8) is 0 Å². The molecule has 26 heavy (non-hydrogen) atoms. The smallest absolute Gasteiger partial charge is 0.194 e. The third kappa shape index (κ3) is 4.40. The normalized spacial score (nSPS) is 20.2. The Morgan fingerprint density at radius 2 is 1.58 bits per heavy atom. The molecular formula is C22H25F3O. The van der Waals surface area contributed by atoms with E-state index in [1.165, 1.54) is 50.2 Å². The van der Waals surface area contributed by atoms with Crippen molar-refractivity contribution in [3.05, 3.63) is 65.0 Å². The maximum atomic E-state index is 13.7. The van der Waals surface area contributed by atoms with Gasteiger partial charge in [-0.25, -0.2) is 13.2 Å². The van der Waals surface area contributed by atoms with Gasteiger partial charge < -0.3 is 4.74 Å². The summed E-state index contributed by atoms with van der Waals surface area (Å²) >= 11 is 0. The maximum Gasteiger partial charge on any atom is 0.194 e. The number of hydrogen-bond acceptors (Lipinski definition) is 1. The first kappa shape index (κ1) is 18.8. The molecule has 3 rings (SSSR count). The fourth-order valence-corrected chi connectivity index (χ4v) is 3.87. The summed E-state index contributed by atoms with van der Waals surface area (Å²) in [7, 11) is 0. The minimum atomic E-state index is -1.46. The van der Waals surface area contributed by atoms with Crippen molar-refractivity contribution in [2.75, 3.05) is 0 Å². The molecule has 1 fully saturated rings. The average Bonchev–Trinajstić information content (AvgIpc) is 2.67. The molecule has 0 saturated heterocycles. The highest BCUT2D eigenvalue weighted by molar-refractivity contribution is 5.30. The predicted octanol–water partition coefficient (Wildman–Crippen LogP) is 6.76. The van der Waals surface area contributed by atoms with Crippen molar-refractivity contribution in [2.45, 2.75) is 58.0 Å². The number of halogens is 3. The van der Waals surface area contributed by atoms with Gasteiger partial charge in [0.15, 0.2) is 17.5 Å². The topological polar surface area (TPSA) is 9.23 Å². The van der Waals surface area contributed by atoms with Gasteiger partial charge in [-0.1, -0.05) is 31.9 Å². The van der Waals surface area contributed by atoms with Gasteiger partial charge in [-0.3, -0.25) is 0 Å². The Morgan fingerprint density at radius 1 is 0.885 bits per heavy atom. The standard InChI is InChI=1S/C22H25F3O/c1-2-3-15-4-6-16(7-5-15)17-8-11-19(12-9-17)26-14-18-10-13-20(23)22(25)21(18)24/h8-13,15-16H,2-7,14H2,1H3/t15-,16-. The summed E-state index contributed by atoms with van der Waals surface area (Å²) in [5.74, 6) is -1.77. The zero-order valence-electron chi connectivity index (χ0n) is 15.1. The number of rotatable bonds is 6. The first-order valence-corrected chi connectivity index (χ1v) is 9.43. The first-order chi connectivity index (χ1) is 12.6. The van der Waals surface area contributed by atoms with Crippen molar-refractivity contribution >= 4 is 0 Å². The van der Waals surface area contributed by atoms with Crippen LogP contribution in [0.1, 0.15) is 62.5 Å². The molecule has 0 spiro atoms. The van der Waals surface area contributed by atoms with Crippen molar-refractivity contribution in [2.24, 2.45) is 5.92 Å². The van der Waals surface area contributed by atoms with Gasteiger partial charge in [0.25, 0.3) is 0 Å². The number of hydrogen-bond donors (Lipinski definition) is 0. The lowest BCUT2D eigenvalue weighted by Crippen LogP contribution is -2.13. The molecule has 1 aliphatic carbocycles. The Labute approximate surface area is 153 Å². The molecule has 4 heteroatoms. The largest absolute Gasteiger partial charge is 0.489 e. The fourth-order valence-electron chi connectivity index (χ4n) is 3.87. The van der Waals surface area contributed by atoms with Crippen LogP contribution in [-0.4, -0.2) is 0 Å². The summed E-state index contributed by atoms with van der Waals surface area (Å²) in [4.78, 5) is 0. The van der Waals surface area contributed by atoms with Crippen LogP contribution in [0.4, 0.5) is 13.2 Å². The molecule has 0 bridgehead atoms. The first-order valence-electron chi connectivity index (χ1n) is 9.43. The van der Waals surface area contributed by atoms with E-state index in [1.807, 2.05) is 12.1 Å². The van der Waals surface area contributed by atoms with Gasteiger partial charge in [0.1, 0.15) is 12.4 Å². The van der Waals surface area contributed by atoms with E-state index in [0.717, 1.165) is 12.0 Å². The molecule has 0 N–H and O–H groups in total. The molecule has 0 aromatic heterocycles. The van der Waals surface area contributed by atoms with Gasteiger partial charge in [-0.05, 0) is 67.3 Å². The predicted molar refractivity (Wildman–Crippen MR) is 96.7 cm³/mol. The van der Waals surface area contributed by atoms with Crippen LogP contribution in [0.2, 0.25) is 0 Å². The highest BCUT2D eigenvalue weighted by Crippen LogP contribution is 2.37. The minimum Gasteiger partial charge on any atom is -0.489 e. The van der Waals surface area contributed by atoms with Crippen molar-refractivity contribution in [3.8, 4) is 5.75 Å².